The molecule has 1 saturated carbocycles. The van der Waals surface area contributed by atoms with Crippen LogP contribution in [0.25, 0.3) is 0 Å². The third kappa shape index (κ3) is 5.21. The molecule has 1 fully saturated rings. The molecule has 0 aliphatic heterocycles. The fourth-order valence-electron chi connectivity index (χ4n) is 4.86. The molecular weight excluding hydrogens is 352 g/mol. The number of hydrogen-bond donors (Lipinski definition) is 0. The van der Waals surface area contributed by atoms with E-state index in [9.17, 15) is 0 Å². The van der Waals surface area contributed by atoms with Crippen LogP contribution >= 0.6 is 0 Å². The van der Waals surface area contributed by atoms with Crippen LogP contribution in [0.5, 0.6) is 5.75 Å². The highest BCUT2D eigenvalue weighted by atomic mass is 16.5. The van der Waals surface area contributed by atoms with E-state index in [1.807, 2.05) is 6.07 Å². The van der Waals surface area contributed by atoms with Crippen molar-refractivity contribution in [3.05, 3.63) is 89.5 Å². The van der Waals surface area contributed by atoms with Crippen molar-refractivity contribution in [1.82, 2.24) is 0 Å². The molecule has 0 N–H and O–H groups in total. The van der Waals surface area contributed by atoms with Gasteiger partial charge in [0.25, 0.3) is 0 Å². The first-order valence-corrected chi connectivity index (χ1v) is 11.4. The Bertz CT molecular complexity index is 820. The van der Waals surface area contributed by atoms with Crippen molar-refractivity contribution in [3.8, 4) is 5.75 Å². The summed E-state index contributed by atoms with van der Waals surface area (Å²) in [5.41, 5.74) is 4.72. The summed E-state index contributed by atoms with van der Waals surface area (Å²) in [6.45, 7) is 2.89. The summed E-state index contributed by atoms with van der Waals surface area (Å²) in [5, 5.41) is 0. The van der Waals surface area contributed by atoms with E-state index >= 15 is 0 Å². The molecule has 2 aliphatic carbocycles. The summed E-state index contributed by atoms with van der Waals surface area (Å²) in [5.74, 6) is 1.67. The van der Waals surface area contributed by atoms with Crippen LogP contribution in [0.4, 0.5) is 0 Å². The molecule has 0 heterocycles. The first kappa shape index (κ1) is 20.0. The monoisotopic (exact) mass is 386 g/mol. The van der Waals surface area contributed by atoms with Crippen molar-refractivity contribution < 1.29 is 4.74 Å². The van der Waals surface area contributed by atoms with E-state index in [1.54, 1.807) is 5.57 Å². The molecule has 152 valence electrons. The van der Waals surface area contributed by atoms with Crippen LogP contribution in [0.1, 0.15) is 75.3 Å². The van der Waals surface area contributed by atoms with E-state index in [4.69, 9.17) is 4.74 Å². The summed E-state index contributed by atoms with van der Waals surface area (Å²) in [6.07, 6.45) is 17.8. The van der Waals surface area contributed by atoms with Crippen LogP contribution in [0.15, 0.2) is 78.4 Å². The highest BCUT2D eigenvalue weighted by molar-refractivity contribution is 5.31. The predicted molar refractivity (Wildman–Crippen MR) is 122 cm³/mol. The standard InChI is InChI=1S/C28H34O/c1-2-3-7-23-14-18-28(19-15-23)20-16-26(17-21-28)25-10-12-27(13-11-25)29-22-24-8-5-4-6-9-24/h4-14,18,26H,2-3,15-17,19-22H2,1H3. The average Bonchev–Trinajstić information content (AvgIpc) is 2.79. The molecule has 1 spiro atoms. The topological polar surface area (TPSA) is 9.23 Å². The quantitative estimate of drug-likeness (QED) is 0.489. The minimum Gasteiger partial charge on any atom is -0.489 e. The Balaban J connectivity index is 1.30. The molecule has 0 atom stereocenters. The number of hydrogen-bond acceptors (Lipinski definition) is 1. The van der Waals surface area contributed by atoms with Crippen LogP contribution in [0.2, 0.25) is 0 Å². The molecule has 1 heteroatoms. The number of unbranched alkanes of at least 4 members (excludes halogenated alkanes) is 1. The second-order valence-electron chi connectivity index (χ2n) is 8.88. The minimum atomic E-state index is 0.471. The van der Waals surface area contributed by atoms with Gasteiger partial charge in [0, 0.05) is 0 Å². The molecule has 0 amide bonds. The van der Waals surface area contributed by atoms with Crippen molar-refractivity contribution in [2.75, 3.05) is 0 Å². The largest absolute Gasteiger partial charge is 0.489 e. The average molecular weight is 387 g/mol. The lowest BCUT2D eigenvalue weighted by atomic mass is 9.64. The highest BCUT2D eigenvalue weighted by Gasteiger charge is 2.34. The summed E-state index contributed by atoms with van der Waals surface area (Å²) in [7, 11) is 0. The molecule has 2 aromatic carbocycles. The normalized spacial score (nSPS) is 25.4. The third-order valence-corrected chi connectivity index (χ3v) is 6.84. The molecule has 0 bridgehead atoms. The Morgan fingerprint density at radius 1 is 0.966 bits per heavy atom. The zero-order valence-corrected chi connectivity index (χ0v) is 17.8. The highest BCUT2D eigenvalue weighted by Crippen LogP contribution is 2.49. The molecule has 0 saturated heterocycles. The van der Waals surface area contributed by atoms with Crippen LogP contribution < -0.4 is 4.74 Å². The van der Waals surface area contributed by atoms with Gasteiger partial charge in [-0.3, -0.25) is 0 Å². The molecular formula is C28H34O. The number of allylic oxidation sites excluding steroid dienone is 4. The van der Waals surface area contributed by atoms with Gasteiger partial charge in [-0.05, 0) is 79.5 Å². The van der Waals surface area contributed by atoms with E-state index in [2.05, 4.69) is 73.7 Å². The maximum Gasteiger partial charge on any atom is 0.119 e. The fraction of sp³-hybridized carbons (Fsp3) is 0.429. The van der Waals surface area contributed by atoms with Gasteiger partial charge in [-0.15, -0.1) is 0 Å². The van der Waals surface area contributed by atoms with Crippen molar-refractivity contribution in [1.29, 1.82) is 0 Å². The lowest BCUT2D eigenvalue weighted by Gasteiger charge is -2.40. The second-order valence-corrected chi connectivity index (χ2v) is 8.88. The zero-order chi connectivity index (χ0) is 19.9. The van der Waals surface area contributed by atoms with Crippen molar-refractivity contribution in [2.24, 2.45) is 5.41 Å². The van der Waals surface area contributed by atoms with Gasteiger partial charge >= 0.3 is 0 Å². The molecule has 1 nitrogen and oxygen atoms in total. The van der Waals surface area contributed by atoms with Crippen LogP contribution in [-0.4, -0.2) is 0 Å². The Morgan fingerprint density at radius 3 is 2.38 bits per heavy atom. The lowest BCUT2D eigenvalue weighted by molar-refractivity contribution is 0.216. The summed E-state index contributed by atoms with van der Waals surface area (Å²) >= 11 is 0. The predicted octanol–water partition coefficient (Wildman–Crippen LogP) is 7.99. The maximum atomic E-state index is 5.95. The maximum absolute atomic E-state index is 5.95. The first-order valence-electron chi connectivity index (χ1n) is 11.4. The van der Waals surface area contributed by atoms with E-state index in [0.29, 0.717) is 17.9 Å². The Kier molecular flexibility index (Phi) is 6.54. The van der Waals surface area contributed by atoms with Gasteiger partial charge in [0.05, 0.1) is 0 Å². The first-order chi connectivity index (χ1) is 14.3. The van der Waals surface area contributed by atoms with Crippen LogP contribution in [0, 0.1) is 5.41 Å². The molecule has 0 unspecified atom stereocenters. The van der Waals surface area contributed by atoms with Crippen LogP contribution in [-0.2, 0) is 6.61 Å². The molecule has 29 heavy (non-hydrogen) atoms. The Hall–Kier alpha value is -2.28. The number of ether oxygens (including phenoxy) is 1. The van der Waals surface area contributed by atoms with Crippen LogP contribution in [0.3, 0.4) is 0 Å². The fourth-order valence-corrected chi connectivity index (χ4v) is 4.86. The molecule has 0 aromatic heterocycles. The van der Waals surface area contributed by atoms with Gasteiger partial charge in [0.1, 0.15) is 12.4 Å². The smallest absolute Gasteiger partial charge is 0.119 e. The van der Waals surface area contributed by atoms with Gasteiger partial charge in [-0.1, -0.05) is 79.6 Å². The van der Waals surface area contributed by atoms with Gasteiger partial charge in [0.15, 0.2) is 0 Å². The van der Waals surface area contributed by atoms with Gasteiger partial charge < -0.3 is 4.74 Å². The molecule has 0 radical (unpaired) electrons. The zero-order valence-electron chi connectivity index (χ0n) is 17.8. The lowest BCUT2D eigenvalue weighted by Crippen LogP contribution is -2.26. The van der Waals surface area contributed by atoms with Gasteiger partial charge in [0.2, 0.25) is 0 Å². The number of rotatable bonds is 6. The summed E-state index contributed by atoms with van der Waals surface area (Å²) in [4.78, 5) is 0. The molecule has 2 aromatic rings. The third-order valence-electron chi connectivity index (χ3n) is 6.84. The second kappa shape index (κ2) is 9.48. The van der Waals surface area contributed by atoms with E-state index in [-0.39, 0.29) is 0 Å². The SMILES string of the molecule is CCCC=C1C=CC2(CC1)CCC(c1ccc(OCc3ccccc3)cc1)CC2. The number of benzene rings is 2. The van der Waals surface area contributed by atoms with Crippen molar-refractivity contribution >= 4 is 0 Å². The van der Waals surface area contributed by atoms with E-state index < -0.39 is 0 Å². The minimum absolute atomic E-state index is 0.471. The molecule has 2 aliphatic rings. The van der Waals surface area contributed by atoms with Gasteiger partial charge in [-0.2, -0.15) is 0 Å². The summed E-state index contributed by atoms with van der Waals surface area (Å²) < 4.78 is 5.95. The summed E-state index contributed by atoms with van der Waals surface area (Å²) in [6, 6.07) is 19.2. The van der Waals surface area contributed by atoms with E-state index in [0.717, 1.165) is 5.75 Å². The Morgan fingerprint density at radius 2 is 1.72 bits per heavy atom. The Labute approximate surface area is 176 Å². The van der Waals surface area contributed by atoms with Gasteiger partial charge in [-0.25, -0.2) is 0 Å². The van der Waals surface area contributed by atoms with E-state index in [1.165, 1.54) is 62.5 Å². The van der Waals surface area contributed by atoms with Crippen molar-refractivity contribution in [2.45, 2.75) is 70.8 Å². The molecule has 4 rings (SSSR count). The van der Waals surface area contributed by atoms with Crippen molar-refractivity contribution in [3.63, 3.8) is 0 Å².